The average Bonchev–Trinajstić information content (AvgIpc) is 3.08. The Labute approximate surface area is 141 Å². The van der Waals surface area contributed by atoms with Crippen LogP contribution in [0.4, 0.5) is 0 Å². The summed E-state index contributed by atoms with van der Waals surface area (Å²) in [7, 11) is 3.37. The second kappa shape index (κ2) is 6.17. The second-order valence-corrected chi connectivity index (χ2v) is 6.17. The summed E-state index contributed by atoms with van der Waals surface area (Å²) in [4.78, 5) is 2.47. The summed E-state index contributed by atoms with van der Waals surface area (Å²) < 4.78 is 12.7. The molecule has 1 aliphatic heterocycles. The van der Waals surface area contributed by atoms with Crippen LogP contribution < -0.4 is 9.47 Å². The fourth-order valence-corrected chi connectivity index (χ4v) is 3.40. The number of aromatic nitrogens is 2. The van der Waals surface area contributed by atoms with Gasteiger partial charge in [-0.05, 0) is 53.4 Å². The highest BCUT2D eigenvalue weighted by atomic mass is 16.5. The summed E-state index contributed by atoms with van der Waals surface area (Å²) in [5.41, 5.74) is 5.13. The molecule has 0 saturated carbocycles. The number of rotatable bonds is 4. The monoisotopic (exact) mass is 323 g/mol. The predicted octanol–water partition coefficient (Wildman–Crippen LogP) is 2.91. The van der Waals surface area contributed by atoms with Gasteiger partial charge in [-0.15, -0.1) is 0 Å². The number of nitrogens with zero attached hydrogens (tertiary/aromatic N) is 3. The summed E-state index contributed by atoms with van der Waals surface area (Å²) in [6.45, 7) is 2.92. The van der Waals surface area contributed by atoms with Crippen molar-refractivity contribution < 1.29 is 9.47 Å². The molecule has 0 N–H and O–H groups in total. The van der Waals surface area contributed by atoms with Crippen molar-refractivity contribution in [1.29, 1.82) is 0 Å². The van der Waals surface area contributed by atoms with Gasteiger partial charge in [0, 0.05) is 32.0 Å². The third kappa shape index (κ3) is 2.71. The van der Waals surface area contributed by atoms with E-state index in [0.29, 0.717) is 0 Å². The van der Waals surface area contributed by atoms with Crippen molar-refractivity contribution in [3.63, 3.8) is 0 Å². The Hall–Kier alpha value is -2.53. The molecule has 0 bridgehead atoms. The van der Waals surface area contributed by atoms with E-state index in [1.54, 1.807) is 14.2 Å². The van der Waals surface area contributed by atoms with Gasteiger partial charge in [-0.1, -0.05) is 0 Å². The molecule has 0 spiro atoms. The molecule has 3 aromatic rings. The van der Waals surface area contributed by atoms with Gasteiger partial charge >= 0.3 is 0 Å². The molecule has 0 saturated heterocycles. The number of ether oxygens (including phenoxy) is 2. The maximum absolute atomic E-state index is 5.44. The van der Waals surface area contributed by atoms with Crippen LogP contribution in [0.1, 0.15) is 16.7 Å². The lowest BCUT2D eigenvalue weighted by Gasteiger charge is -2.29. The first kappa shape index (κ1) is 15.0. The number of pyridine rings is 1. The van der Waals surface area contributed by atoms with Gasteiger partial charge in [-0.2, -0.15) is 5.10 Å². The van der Waals surface area contributed by atoms with Crippen LogP contribution in [0, 0.1) is 0 Å². The maximum atomic E-state index is 5.44. The highest BCUT2D eigenvalue weighted by Gasteiger charge is 2.19. The maximum Gasteiger partial charge on any atom is 0.161 e. The largest absolute Gasteiger partial charge is 0.493 e. The zero-order valence-corrected chi connectivity index (χ0v) is 14.0. The van der Waals surface area contributed by atoms with E-state index in [1.165, 1.54) is 16.7 Å². The lowest BCUT2D eigenvalue weighted by atomic mass is 9.98. The van der Waals surface area contributed by atoms with E-state index in [0.717, 1.165) is 43.1 Å². The first-order chi connectivity index (χ1) is 11.8. The number of hydrogen-bond acceptors (Lipinski definition) is 4. The first-order valence-electron chi connectivity index (χ1n) is 8.15. The van der Waals surface area contributed by atoms with Crippen LogP contribution in [0.3, 0.4) is 0 Å². The molecule has 124 valence electrons. The Bertz CT molecular complexity index is 872. The molecule has 0 aliphatic carbocycles. The molecule has 0 radical (unpaired) electrons. The van der Waals surface area contributed by atoms with Crippen LogP contribution in [0.5, 0.6) is 11.5 Å². The van der Waals surface area contributed by atoms with Gasteiger partial charge in [0.25, 0.3) is 0 Å². The highest BCUT2D eigenvalue weighted by Crippen LogP contribution is 2.33. The summed E-state index contributed by atoms with van der Waals surface area (Å²) >= 11 is 0. The number of methoxy groups -OCH3 is 2. The topological polar surface area (TPSA) is 39.0 Å². The van der Waals surface area contributed by atoms with Crippen molar-refractivity contribution in [2.24, 2.45) is 0 Å². The van der Waals surface area contributed by atoms with Crippen LogP contribution in [-0.4, -0.2) is 35.3 Å². The van der Waals surface area contributed by atoms with E-state index in [4.69, 9.17) is 9.47 Å². The van der Waals surface area contributed by atoms with Crippen molar-refractivity contribution in [2.75, 3.05) is 20.8 Å². The minimum absolute atomic E-state index is 0.804. The Balaban J connectivity index is 1.55. The molecule has 0 amide bonds. The fourth-order valence-electron chi connectivity index (χ4n) is 3.40. The quantitative estimate of drug-likeness (QED) is 0.740. The van der Waals surface area contributed by atoms with Gasteiger partial charge in [0.15, 0.2) is 11.5 Å². The van der Waals surface area contributed by atoms with Crippen LogP contribution >= 0.6 is 0 Å². The Morgan fingerprint density at radius 1 is 1.04 bits per heavy atom. The molecule has 1 aliphatic rings. The smallest absolute Gasteiger partial charge is 0.161 e. The minimum atomic E-state index is 0.804. The van der Waals surface area contributed by atoms with Crippen molar-refractivity contribution in [3.8, 4) is 11.5 Å². The molecule has 5 nitrogen and oxygen atoms in total. The Morgan fingerprint density at radius 3 is 2.62 bits per heavy atom. The molecule has 2 aromatic heterocycles. The molecule has 0 atom stereocenters. The van der Waals surface area contributed by atoms with Crippen LogP contribution in [0.2, 0.25) is 0 Å². The van der Waals surface area contributed by atoms with Crippen molar-refractivity contribution in [3.05, 3.63) is 59.4 Å². The third-order valence-electron chi connectivity index (χ3n) is 4.67. The second-order valence-electron chi connectivity index (χ2n) is 6.17. The Morgan fingerprint density at radius 2 is 1.83 bits per heavy atom. The fraction of sp³-hybridized carbons (Fsp3) is 0.316. The van der Waals surface area contributed by atoms with Crippen LogP contribution in [0.15, 0.2) is 42.7 Å². The minimum Gasteiger partial charge on any atom is -0.493 e. The van der Waals surface area contributed by atoms with Crippen molar-refractivity contribution in [2.45, 2.75) is 19.5 Å². The molecule has 24 heavy (non-hydrogen) atoms. The van der Waals surface area contributed by atoms with E-state index in [1.807, 2.05) is 23.0 Å². The number of fused-ring (bicyclic) bond motifs is 2. The van der Waals surface area contributed by atoms with Gasteiger partial charge in [0.05, 0.1) is 19.7 Å². The molecule has 1 aromatic carbocycles. The molecule has 5 heteroatoms. The van der Waals surface area contributed by atoms with Crippen LogP contribution in [-0.2, 0) is 19.5 Å². The van der Waals surface area contributed by atoms with Crippen molar-refractivity contribution >= 4 is 5.52 Å². The summed E-state index contributed by atoms with van der Waals surface area (Å²) in [5, 5.41) is 4.25. The van der Waals surface area contributed by atoms with Crippen molar-refractivity contribution in [1.82, 2.24) is 14.5 Å². The summed E-state index contributed by atoms with van der Waals surface area (Å²) in [6, 6.07) is 10.6. The molecular formula is C19H21N3O2. The van der Waals surface area contributed by atoms with Gasteiger partial charge < -0.3 is 9.47 Å². The van der Waals surface area contributed by atoms with Gasteiger partial charge in [0.2, 0.25) is 0 Å². The lowest BCUT2D eigenvalue weighted by molar-refractivity contribution is 0.244. The molecular weight excluding hydrogens is 302 g/mol. The SMILES string of the molecule is COc1cc2c(cc1OC)CN(Cc1ccn3nccc3c1)CC2. The van der Waals surface area contributed by atoms with E-state index >= 15 is 0 Å². The summed E-state index contributed by atoms with van der Waals surface area (Å²) in [6.07, 6.45) is 4.89. The molecule has 3 heterocycles. The normalized spacial score (nSPS) is 14.6. The summed E-state index contributed by atoms with van der Waals surface area (Å²) in [5.74, 6) is 1.62. The van der Waals surface area contributed by atoms with Crippen LogP contribution in [0.25, 0.3) is 5.52 Å². The molecule has 4 rings (SSSR count). The van der Waals surface area contributed by atoms with E-state index in [9.17, 15) is 0 Å². The average molecular weight is 323 g/mol. The number of benzene rings is 1. The zero-order valence-electron chi connectivity index (χ0n) is 14.0. The zero-order chi connectivity index (χ0) is 16.5. The predicted molar refractivity (Wildman–Crippen MR) is 92.6 cm³/mol. The van der Waals surface area contributed by atoms with Gasteiger partial charge in [-0.3, -0.25) is 4.90 Å². The number of hydrogen-bond donors (Lipinski definition) is 0. The highest BCUT2D eigenvalue weighted by molar-refractivity contribution is 5.49. The Kier molecular flexibility index (Phi) is 3.86. The first-order valence-corrected chi connectivity index (χ1v) is 8.15. The van der Waals surface area contributed by atoms with E-state index in [-0.39, 0.29) is 0 Å². The van der Waals surface area contributed by atoms with E-state index in [2.05, 4.69) is 34.3 Å². The molecule has 0 fully saturated rings. The van der Waals surface area contributed by atoms with E-state index < -0.39 is 0 Å². The van der Waals surface area contributed by atoms with Gasteiger partial charge in [0.1, 0.15) is 0 Å². The lowest BCUT2D eigenvalue weighted by Crippen LogP contribution is -2.30. The molecule has 0 unspecified atom stereocenters. The standard InChI is InChI=1S/C19H21N3O2/c1-23-18-10-15-5-7-21(13-16(15)11-19(18)24-2)12-14-4-8-22-17(9-14)3-6-20-22/h3-4,6,8-11H,5,7,12-13H2,1-2H3. The third-order valence-corrected chi connectivity index (χ3v) is 4.67. The van der Waals surface area contributed by atoms with Gasteiger partial charge in [-0.25, -0.2) is 4.52 Å².